The maximum absolute atomic E-state index is 10.1. The number of rotatable bonds is 6. The third kappa shape index (κ3) is 3.32. The van der Waals surface area contributed by atoms with E-state index in [9.17, 15) is 5.11 Å². The fraction of sp³-hybridized carbons (Fsp3) is 0.571. The van der Waals surface area contributed by atoms with Crippen LogP contribution in [0, 0.1) is 5.92 Å². The summed E-state index contributed by atoms with van der Waals surface area (Å²) in [7, 11) is 0. The van der Waals surface area contributed by atoms with Gasteiger partial charge in [-0.15, -0.1) is 0 Å². The van der Waals surface area contributed by atoms with E-state index < -0.39 is 0 Å². The van der Waals surface area contributed by atoms with Gasteiger partial charge in [0, 0.05) is 13.1 Å². The molecule has 2 heteroatoms. The van der Waals surface area contributed by atoms with Crippen molar-refractivity contribution in [2.24, 2.45) is 5.92 Å². The zero-order valence-corrected chi connectivity index (χ0v) is 9.97. The van der Waals surface area contributed by atoms with Gasteiger partial charge in [-0.05, 0) is 30.9 Å². The van der Waals surface area contributed by atoms with E-state index in [-0.39, 0.29) is 6.10 Å². The Labute approximate surface area is 97.9 Å². The fourth-order valence-electron chi connectivity index (χ4n) is 2.02. The van der Waals surface area contributed by atoms with Gasteiger partial charge in [0.05, 0.1) is 6.10 Å². The van der Waals surface area contributed by atoms with Gasteiger partial charge >= 0.3 is 0 Å². The first kappa shape index (κ1) is 11.6. The van der Waals surface area contributed by atoms with Gasteiger partial charge in [-0.25, -0.2) is 0 Å². The van der Waals surface area contributed by atoms with Gasteiger partial charge < -0.3 is 10.0 Å². The smallest absolute Gasteiger partial charge is 0.0916 e. The lowest BCUT2D eigenvalue weighted by molar-refractivity contribution is 0.113. The van der Waals surface area contributed by atoms with Crippen LogP contribution >= 0.6 is 0 Å². The molecular formula is C14H21NO. The number of hydrogen-bond acceptors (Lipinski definition) is 2. The van der Waals surface area contributed by atoms with E-state index in [1.807, 2.05) is 30.3 Å². The number of benzene rings is 1. The van der Waals surface area contributed by atoms with Crippen LogP contribution in [-0.4, -0.2) is 29.6 Å². The largest absolute Gasteiger partial charge is 0.387 e. The molecule has 0 radical (unpaired) electrons. The van der Waals surface area contributed by atoms with E-state index in [0.717, 1.165) is 31.1 Å². The van der Waals surface area contributed by atoms with Crippen LogP contribution in [0.25, 0.3) is 0 Å². The van der Waals surface area contributed by atoms with Gasteiger partial charge in [0.1, 0.15) is 0 Å². The second kappa shape index (κ2) is 5.46. The highest BCUT2D eigenvalue weighted by Gasteiger charge is 2.24. The molecule has 1 saturated carbocycles. The van der Waals surface area contributed by atoms with E-state index in [2.05, 4.69) is 11.8 Å². The van der Waals surface area contributed by atoms with Crippen molar-refractivity contribution in [3.05, 3.63) is 35.9 Å². The molecule has 0 heterocycles. The van der Waals surface area contributed by atoms with Crippen LogP contribution < -0.4 is 0 Å². The standard InChI is InChI=1S/C14H21NO/c1-2-15(10-12-8-9-12)11-14(16)13-6-4-3-5-7-13/h3-7,12,14,16H,2,8-11H2,1H3. The minimum atomic E-state index is -0.347. The van der Waals surface area contributed by atoms with E-state index >= 15 is 0 Å². The quantitative estimate of drug-likeness (QED) is 0.794. The molecule has 88 valence electrons. The topological polar surface area (TPSA) is 23.5 Å². The third-order valence-corrected chi connectivity index (χ3v) is 3.28. The predicted molar refractivity (Wildman–Crippen MR) is 66.2 cm³/mol. The number of nitrogens with zero attached hydrogens (tertiary/aromatic N) is 1. The lowest BCUT2D eigenvalue weighted by Crippen LogP contribution is -2.30. The maximum atomic E-state index is 10.1. The number of likely N-dealkylation sites (N-methyl/N-ethyl adjacent to an activating group) is 1. The summed E-state index contributed by atoms with van der Waals surface area (Å²) in [5.41, 5.74) is 1.02. The predicted octanol–water partition coefficient (Wildman–Crippen LogP) is 2.45. The minimum absolute atomic E-state index is 0.347. The molecule has 0 aliphatic heterocycles. The fourth-order valence-corrected chi connectivity index (χ4v) is 2.02. The van der Waals surface area contributed by atoms with Crippen molar-refractivity contribution in [2.75, 3.05) is 19.6 Å². The molecule has 0 spiro atoms. The lowest BCUT2D eigenvalue weighted by atomic mass is 10.1. The molecule has 16 heavy (non-hydrogen) atoms. The highest BCUT2D eigenvalue weighted by Crippen LogP contribution is 2.30. The van der Waals surface area contributed by atoms with Crippen LogP contribution in [0.3, 0.4) is 0 Å². The molecule has 0 amide bonds. The van der Waals surface area contributed by atoms with E-state index in [1.165, 1.54) is 12.8 Å². The molecule has 0 saturated heterocycles. The lowest BCUT2D eigenvalue weighted by Gasteiger charge is -2.23. The Morgan fingerprint density at radius 1 is 1.31 bits per heavy atom. The summed E-state index contributed by atoms with van der Waals surface area (Å²) in [6.45, 7) is 5.11. The number of hydrogen-bond donors (Lipinski definition) is 1. The Morgan fingerprint density at radius 3 is 2.56 bits per heavy atom. The van der Waals surface area contributed by atoms with E-state index in [4.69, 9.17) is 0 Å². The van der Waals surface area contributed by atoms with Gasteiger partial charge in [0.25, 0.3) is 0 Å². The van der Waals surface area contributed by atoms with Gasteiger partial charge in [0.15, 0.2) is 0 Å². The number of aliphatic hydroxyl groups excluding tert-OH is 1. The van der Waals surface area contributed by atoms with Crippen molar-refractivity contribution in [3.63, 3.8) is 0 Å². The van der Waals surface area contributed by atoms with Crippen molar-refractivity contribution < 1.29 is 5.11 Å². The highest BCUT2D eigenvalue weighted by atomic mass is 16.3. The van der Waals surface area contributed by atoms with Crippen molar-refractivity contribution in [1.82, 2.24) is 4.90 Å². The Balaban J connectivity index is 1.86. The molecule has 1 N–H and O–H groups in total. The van der Waals surface area contributed by atoms with E-state index in [0.29, 0.717) is 0 Å². The summed E-state index contributed by atoms with van der Waals surface area (Å²) in [6.07, 6.45) is 2.40. The highest BCUT2D eigenvalue weighted by molar-refractivity contribution is 5.17. The third-order valence-electron chi connectivity index (χ3n) is 3.28. The van der Waals surface area contributed by atoms with Crippen LogP contribution in [0.2, 0.25) is 0 Å². The van der Waals surface area contributed by atoms with Crippen molar-refractivity contribution >= 4 is 0 Å². The molecule has 1 fully saturated rings. The van der Waals surface area contributed by atoms with Gasteiger partial charge in [-0.3, -0.25) is 0 Å². The molecule has 2 nitrogen and oxygen atoms in total. The second-order valence-corrected chi connectivity index (χ2v) is 4.72. The average Bonchev–Trinajstić information content (AvgIpc) is 3.13. The van der Waals surface area contributed by atoms with Crippen molar-refractivity contribution in [1.29, 1.82) is 0 Å². The molecule has 1 aliphatic carbocycles. The summed E-state index contributed by atoms with van der Waals surface area (Å²) in [4.78, 5) is 2.36. The molecule has 1 atom stereocenters. The zero-order chi connectivity index (χ0) is 11.4. The van der Waals surface area contributed by atoms with E-state index in [1.54, 1.807) is 0 Å². The summed E-state index contributed by atoms with van der Waals surface area (Å²) >= 11 is 0. The summed E-state index contributed by atoms with van der Waals surface area (Å²) in [5, 5.41) is 10.1. The van der Waals surface area contributed by atoms with Crippen LogP contribution in [0.4, 0.5) is 0 Å². The molecule has 1 aromatic rings. The summed E-state index contributed by atoms with van der Waals surface area (Å²) in [6, 6.07) is 9.94. The summed E-state index contributed by atoms with van der Waals surface area (Å²) < 4.78 is 0. The normalized spacial score (nSPS) is 17.7. The first-order chi connectivity index (χ1) is 7.79. The van der Waals surface area contributed by atoms with Crippen molar-refractivity contribution in [2.45, 2.75) is 25.9 Å². The van der Waals surface area contributed by atoms with Crippen molar-refractivity contribution in [3.8, 4) is 0 Å². The first-order valence-electron chi connectivity index (χ1n) is 6.25. The van der Waals surface area contributed by atoms with Gasteiger partial charge in [0.2, 0.25) is 0 Å². The van der Waals surface area contributed by atoms with Gasteiger partial charge in [-0.2, -0.15) is 0 Å². The molecule has 2 rings (SSSR count). The van der Waals surface area contributed by atoms with Crippen LogP contribution in [-0.2, 0) is 0 Å². The number of aliphatic hydroxyl groups is 1. The van der Waals surface area contributed by atoms with Crippen LogP contribution in [0.1, 0.15) is 31.4 Å². The van der Waals surface area contributed by atoms with Crippen LogP contribution in [0.5, 0.6) is 0 Å². The van der Waals surface area contributed by atoms with Crippen LogP contribution in [0.15, 0.2) is 30.3 Å². The molecular weight excluding hydrogens is 198 g/mol. The maximum Gasteiger partial charge on any atom is 0.0916 e. The second-order valence-electron chi connectivity index (χ2n) is 4.72. The first-order valence-corrected chi connectivity index (χ1v) is 6.25. The molecule has 1 unspecified atom stereocenters. The Morgan fingerprint density at radius 2 is 2.00 bits per heavy atom. The van der Waals surface area contributed by atoms with Gasteiger partial charge in [-0.1, -0.05) is 37.3 Å². The Hall–Kier alpha value is -0.860. The summed E-state index contributed by atoms with van der Waals surface area (Å²) in [5.74, 6) is 0.892. The molecule has 1 aromatic carbocycles. The Bertz CT molecular complexity index is 308. The minimum Gasteiger partial charge on any atom is -0.387 e. The SMILES string of the molecule is CCN(CC1CC1)CC(O)c1ccccc1. The Kier molecular flexibility index (Phi) is 3.97. The zero-order valence-electron chi connectivity index (χ0n) is 9.97. The average molecular weight is 219 g/mol. The molecule has 0 bridgehead atoms. The molecule has 0 aromatic heterocycles. The molecule has 1 aliphatic rings. The monoisotopic (exact) mass is 219 g/mol.